The zero-order chi connectivity index (χ0) is 11.4. The number of hydrogen-bond acceptors (Lipinski definition) is 2. The summed E-state index contributed by atoms with van der Waals surface area (Å²) in [6, 6.07) is 4.04. The van der Waals surface area contributed by atoms with Crippen LogP contribution in [0, 0.1) is 0 Å². The van der Waals surface area contributed by atoms with Gasteiger partial charge in [0.25, 0.3) is 0 Å². The summed E-state index contributed by atoms with van der Waals surface area (Å²) in [6.07, 6.45) is 1.10. The Balaban J connectivity index is 2.98. The van der Waals surface area contributed by atoms with Gasteiger partial charge in [-0.15, -0.1) is 0 Å². The van der Waals surface area contributed by atoms with Crippen molar-refractivity contribution in [3.63, 3.8) is 0 Å². The van der Waals surface area contributed by atoms with Crippen molar-refractivity contribution in [2.24, 2.45) is 0 Å². The number of carboxylic acid groups (broad SMARTS) is 1. The Kier molecular flexibility index (Phi) is 3.46. The summed E-state index contributed by atoms with van der Waals surface area (Å²) in [6.45, 7) is 3.28. The van der Waals surface area contributed by atoms with E-state index >= 15 is 0 Å². The van der Waals surface area contributed by atoms with Crippen molar-refractivity contribution in [2.45, 2.75) is 0 Å². The van der Waals surface area contributed by atoms with E-state index in [1.807, 2.05) is 0 Å². The lowest BCUT2D eigenvalue weighted by atomic mass is 10.2. The molecule has 0 fully saturated rings. The van der Waals surface area contributed by atoms with Gasteiger partial charge < -0.3 is 10.4 Å². The summed E-state index contributed by atoms with van der Waals surface area (Å²) in [5.41, 5.74) is 0.420. The largest absolute Gasteiger partial charge is 0.478 e. The monoisotopic (exact) mass is 225 g/mol. The third-order valence-electron chi connectivity index (χ3n) is 1.66. The van der Waals surface area contributed by atoms with E-state index < -0.39 is 11.9 Å². The molecule has 0 spiro atoms. The summed E-state index contributed by atoms with van der Waals surface area (Å²) in [5.74, 6) is -1.47. The SMILES string of the molecule is C=CC(=O)Nc1ccc(C(=O)O)cc1Cl. The molecule has 78 valence electrons. The van der Waals surface area contributed by atoms with Crippen LogP contribution in [0.1, 0.15) is 10.4 Å². The number of carboxylic acids is 1. The molecule has 0 heterocycles. The minimum absolute atomic E-state index is 0.0663. The highest BCUT2D eigenvalue weighted by molar-refractivity contribution is 6.34. The number of carbonyl (C=O) groups excluding carboxylic acids is 1. The first-order valence-corrected chi connectivity index (χ1v) is 4.38. The van der Waals surface area contributed by atoms with E-state index in [9.17, 15) is 9.59 Å². The first-order valence-electron chi connectivity index (χ1n) is 4.01. The summed E-state index contributed by atoms with van der Waals surface area (Å²) in [4.78, 5) is 21.5. The van der Waals surface area contributed by atoms with Crippen molar-refractivity contribution in [1.82, 2.24) is 0 Å². The van der Waals surface area contributed by atoms with Crippen LogP contribution in [0.5, 0.6) is 0 Å². The molecule has 1 aromatic rings. The molecule has 0 atom stereocenters. The molecule has 1 aromatic carbocycles. The zero-order valence-corrected chi connectivity index (χ0v) is 8.41. The highest BCUT2D eigenvalue weighted by Gasteiger charge is 2.07. The van der Waals surface area contributed by atoms with Crippen LogP contribution >= 0.6 is 11.6 Å². The second kappa shape index (κ2) is 4.61. The molecule has 0 aliphatic heterocycles. The lowest BCUT2D eigenvalue weighted by molar-refractivity contribution is -0.111. The molecule has 0 radical (unpaired) electrons. The molecular weight excluding hydrogens is 218 g/mol. The second-order valence-electron chi connectivity index (χ2n) is 2.69. The fourth-order valence-electron chi connectivity index (χ4n) is 0.933. The van der Waals surface area contributed by atoms with Crippen LogP contribution < -0.4 is 5.32 Å². The number of nitrogens with one attached hydrogen (secondary N) is 1. The molecule has 1 amide bonds. The van der Waals surface area contributed by atoms with Crippen molar-refractivity contribution in [1.29, 1.82) is 0 Å². The molecule has 2 N–H and O–H groups in total. The first kappa shape index (κ1) is 11.3. The van der Waals surface area contributed by atoms with Gasteiger partial charge in [-0.1, -0.05) is 18.2 Å². The third-order valence-corrected chi connectivity index (χ3v) is 1.97. The van der Waals surface area contributed by atoms with Crippen molar-refractivity contribution in [3.05, 3.63) is 41.4 Å². The van der Waals surface area contributed by atoms with E-state index in [0.29, 0.717) is 5.69 Å². The van der Waals surface area contributed by atoms with Crippen molar-refractivity contribution in [3.8, 4) is 0 Å². The minimum Gasteiger partial charge on any atom is -0.478 e. The topological polar surface area (TPSA) is 66.4 Å². The van der Waals surface area contributed by atoms with Gasteiger partial charge in [-0.25, -0.2) is 4.79 Å². The summed E-state index contributed by atoms with van der Waals surface area (Å²) in [7, 11) is 0. The number of rotatable bonds is 3. The standard InChI is InChI=1S/C10H8ClNO3/c1-2-9(13)12-8-4-3-6(10(14)15)5-7(8)11/h2-5H,1H2,(H,12,13)(H,14,15). The van der Waals surface area contributed by atoms with Crippen LogP contribution in [0.3, 0.4) is 0 Å². The van der Waals surface area contributed by atoms with E-state index in [2.05, 4.69) is 11.9 Å². The fourth-order valence-corrected chi connectivity index (χ4v) is 1.16. The predicted molar refractivity (Wildman–Crippen MR) is 57.2 cm³/mol. The van der Waals surface area contributed by atoms with Gasteiger partial charge >= 0.3 is 5.97 Å². The molecule has 0 aromatic heterocycles. The van der Waals surface area contributed by atoms with Gasteiger partial charge in [-0.05, 0) is 24.3 Å². The Morgan fingerprint density at radius 1 is 1.47 bits per heavy atom. The van der Waals surface area contributed by atoms with Gasteiger partial charge in [-0.3, -0.25) is 4.79 Å². The molecule has 5 heteroatoms. The number of anilines is 1. The van der Waals surface area contributed by atoms with Crippen LogP contribution in [0.15, 0.2) is 30.9 Å². The average molecular weight is 226 g/mol. The van der Waals surface area contributed by atoms with E-state index in [4.69, 9.17) is 16.7 Å². The number of carbonyl (C=O) groups is 2. The van der Waals surface area contributed by atoms with Crippen LogP contribution in [0.4, 0.5) is 5.69 Å². The number of benzene rings is 1. The Bertz CT molecular complexity index is 429. The van der Waals surface area contributed by atoms with Crippen LogP contribution in [0.2, 0.25) is 5.02 Å². The quantitative estimate of drug-likeness (QED) is 0.775. The summed E-state index contributed by atoms with van der Waals surface area (Å²) >= 11 is 5.76. The van der Waals surface area contributed by atoms with E-state index in [1.165, 1.54) is 18.2 Å². The van der Waals surface area contributed by atoms with E-state index in [0.717, 1.165) is 6.08 Å². The Morgan fingerprint density at radius 2 is 2.13 bits per heavy atom. The normalized spacial score (nSPS) is 9.40. The third kappa shape index (κ3) is 2.82. The molecular formula is C10H8ClNO3. The van der Waals surface area contributed by atoms with E-state index in [1.54, 1.807) is 0 Å². The lowest BCUT2D eigenvalue weighted by Gasteiger charge is -2.05. The average Bonchev–Trinajstić information content (AvgIpc) is 2.20. The smallest absolute Gasteiger partial charge is 0.335 e. The van der Waals surface area contributed by atoms with Crippen LogP contribution in [-0.4, -0.2) is 17.0 Å². The Hall–Kier alpha value is -1.81. The minimum atomic E-state index is -1.07. The molecule has 0 unspecified atom stereocenters. The van der Waals surface area contributed by atoms with Gasteiger partial charge in [0.15, 0.2) is 0 Å². The van der Waals surface area contributed by atoms with E-state index in [-0.39, 0.29) is 10.6 Å². The van der Waals surface area contributed by atoms with Crippen molar-refractivity contribution >= 4 is 29.2 Å². The maximum absolute atomic E-state index is 10.9. The molecule has 0 aliphatic rings. The molecule has 1 rings (SSSR count). The molecule has 0 aliphatic carbocycles. The molecule has 0 saturated carbocycles. The van der Waals surface area contributed by atoms with Gasteiger partial charge in [0.1, 0.15) is 0 Å². The van der Waals surface area contributed by atoms with Gasteiger partial charge in [-0.2, -0.15) is 0 Å². The number of hydrogen-bond donors (Lipinski definition) is 2. The summed E-state index contributed by atoms with van der Waals surface area (Å²) in [5, 5.41) is 11.3. The number of halogens is 1. The van der Waals surface area contributed by atoms with Gasteiger partial charge in [0.2, 0.25) is 5.91 Å². The van der Waals surface area contributed by atoms with Crippen molar-refractivity contribution in [2.75, 3.05) is 5.32 Å². The highest BCUT2D eigenvalue weighted by atomic mass is 35.5. The lowest BCUT2D eigenvalue weighted by Crippen LogP contribution is -2.08. The van der Waals surface area contributed by atoms with Crippen LogP contribution in [-0.2, 0) is 4.79 Å². The molecule has 0 saturated heterocycles. The van der Waals surface area contributed by atoms with Crippen molar-refractivity contribution < 1.29 is 14.7 Å². The maximum Gasteiger partial charge on any atom is 0.335 e. The maximum atomic E-state index is 10.9. The zero-order valence-electron chi connectivity index (χ0n) is 7.66. The number of aromatic carboxylic acids is 1. The molecule has 0 bridgehead atoms. The summed E-state index contributed by atoms with van der Waals surface area (Å²) < 4.78 is 0. The van der Waals surface area contributed by atoms with Gasteiger partial charge in [0, 0.05) is 0 Å². The van der Waals surface area contributed by atoms with Gasteiger partial charge in [0.05, 0.1) is 16.3 Å². The Labute approximate surface area is 91.2 Å². The first-order chi connectivity index (χ1) is 7.04. The second-order valence-corrected chi connectivity index (χ2v) is 3.10. The predicted octanol–water partition coefficient (Wildman–Crippen LogP) is 2.16. The molecule has 4 nitrogen and oxygen atoms in total. The Morgan fingerprint density at radius 3 is 2.60 bits per heavy atom. The molecule has 15 heavy (non-hydrogen) atoms. The highest BCUT2D eigenvalue weighted by Crippen LogP contribution is 2.22. The number of amides is 1. The fraction of sp³-hybridized carbons (Fsp3) is 0. The van der Waals surface area contributed by atoms with Crippen LogP contribution in [0.25, 0.3) is 0 Å².